The summed E-state index contributed by atoms with van der Waals surface area (Å²) < 4.78 is 21.2. The number of amides is 1. The van der Waals surface area contributed by atoms with Crippen molar-refractivity contribution in [2.45, 2.75) is 0 Å². The van der Waals surface area contributed by atoms with Crippen LogP contribution in [0.25, 0.3) is 11.1 Å². The SMILES string of the molecule is COc1cc(OC)c(C(=O)Nc2nc3cc(Cl)ccc3o2)cc1OC. The molecule has 1 aromatic heterocycles. The van der Waals surface area contributed by atoms with Gasteiger partial charge in [-0.3, -0.25) is 10.1 Å². The molecule has 25 heavy (non-hydrogen) atoms. The Morgan fingerprint density at radius 2 is 1.72 bits per heavy atom. The van der Waals surface area contributed by atoms with E-state index in [-0.39, 0.29) is 11.6 Å². The number of hydrogen-bond acceptors (Lipinski definition) is 6. The Morgan fingerprint density at radius 1 is 1.04 bits per heavy atom. The highest BCUT2D eigenvalue weighted by molar-refractivity contribution is 6.31. The maximum absolute atomic E-state index is 12.6. The maximum Gasteiger partial charge on any atom is 0.302 e. The summed E-state index contributed by atoms with van der Waals surface area (Å²) in [5.74, 6) is 0.718. The number of ether oxygens (including phenoxy) is 3. The average Bonchev–Trinajstić information content (AvgIpc) is 3.01. The van der Waals surface area contributed by atoms with Crippen molar-refractivity contribution < 1.29 is 23.4 Å². The smallest absolute Gasteiger partial charge is 0.302 e. The number of methoxy groups -OCH3 is 3. The number of carbonyl (C=O) groups excluding carboxylic acids is 1. The van der Waals surface area contributed by atoms with Gasteiger partial charge in [-0.15, -0.1) is 0 Å². The third-order valence-electron chi connectivity index (χ3n) is 3.52. The van der Waals surface area contributed by atoms with E-state index in [1.807, 2.05) is 0 Å². The van der Waals surface area contributed by atoms with E-state index in [1.54, 1.807) is 24.3 Å². The van der Waals surface area contributed by atoms with Crippen LogP contribution in [0.2, 0.25) is 5.02 Å². The molecule has 0 aliphatic carbocycles. The van der Waals surface area contributed by atoms with E-state index in [4.69, 9.17) is 30.2 Å². The Hall–Kier alpha value is -2.93. The van der Waals surface area contributed by atoms with E-state index in [0.29, 0.717) is 33.4 Å². The van der Waals surface area contributed by atoms with Crippen LogP contribution in [-0.4, -0.2) is 32.2 Å². The van der Waals surface area contributed by atoms with Crippen LogP contribution in [0.4, 0.5) is 6.01 Å². The lowest BCUT2D eigenvalue weighted by Crippen LogP contribution is -2.14. The van der Waals surface area contributed by atoms with Gasteiger partial charge in [0.05, 0.1) is 26.9 Å². The molecule has 0 aliphatic heterocycles. The largest absolute Gasteiger partial charge is 0.496 e. The zero-order valence-electron chi connectivity index (χ0n) is 13.8. The summed E-state index contributed by atoms with van der Waals surface area (Å²) in [6.07, 6.45) is 0. The fraction of sp³-hybridized carbons (Fsp3) is 0.176. The van der Waals surface area contributed by atoms with Gasteiger partial charge in [0.1, 0.15) is 11.3 Å². The zero-order chi connectivity index (χ0) is 18.0. The number of oxazole rings is 1. The Kier molecular flexibility index (Phi) is 4.67. The summed E-state index contributed by atoms with van der Waals surface area (Å²) in [6, 6.07) is 8.15. The molecular formula is C17H15ClN2O5. The first-order valence-electron chi connectivity index (χ1n) is 7.23. The molecular weight excluding hydrogens is 348 g/mol. The van der Waals surface area contributed by atoms with Crippen molar-refractivity contribution in [3.05, 3.63) is 40.9 Å². The van der Waals surface area contributed by atoms with Crippen LogP contribution in [-0.2, 0) is 0 Å². The van der Waals surface area contributed by atoms with E-state index in [0.717, 1.165) is 0 Å². The highest BCUT2D eigenvalue weighted by atomic mass is 35.5. The number of halogens is 1. The van der Waals surface area contributed by atoms with Gasteiger partial charge < -0.3 is 18.6 Å². The van der Waals surface area contributed by atoms with E-state index < -0.39 is 5.91 Å². The molecule has 0 fully saturated rings. The second-order valence-electron chi connectivity index (χ2n) is 4.99. The maximum atomic E-state index is 12.6. The van der Waals surface area contributed by atoms with Crippen molar-refractivity contribution in [2.75, 3.05) is 26.6 Å². The van der Waals surface area contributed by atoms with Gasteiger partial charge in [-0.2, -0.15) is 4.98 Å². The summed E-state index contributed by atoms with van der Waals surface area (Å²) in [5, 5.41) is 3.12. The van der Waals surface area contributed by atoms with Crippen molar-refractivity contribution in [3.63, 3.8) is 0 Å². The second-order valence-corrected chi connectivity index (χ2v) is 5.43. The molecule has 7 nitrogen and oxygen atoms in total. The minimum absolute atomic E-state index is 0.0547. The van der Waals surface area contributed by atoms with Crippen LogP contribution in [0.1, 0.15) is 10.4 Å². The predicted octanol–water partition coefficient (Wildman–Crippen LogP) is 3.76. The molecule has 8 heteroatoms. The van der Waals surface area contributed by atoms with E-state index >= 15 is 0 Å². The lowest BCUT2D eigenvalue weighted by molar-refractivity contribution is 0.102. The fourth-order valence-corrected chi connectivity index (χ4v) is 2.49. The quantitative estimate of drug-likeness (QED) is 0.744. The number of carbonyl (C=O) groups is 1. The van der Waals surface area contributed by atoms with Crippen LogP contribution in [0.5, 0.6) is 17.2 Å². The van der Waals surface area contributed by atoms with Crippen molar-refractivity contribution in [1.29, 1.82) is 0 Å². The van der Waals surface area contributed by atoms with E-state index in [2.05, 4.69) is 10.3 Å². The minimum atomic E-state index is -0.463. The number of rotatable bonds is 5. The molecule has 1 N–H and O–H groups in total. The zero-order valence-corrected chi connectivity index (χ0v) is 14.5. The third-order valence-corrected chi connectivity index (χ3v) is 3.76. The summed E-state index contributed by atoms with van der Waals surface area (Å²) in [7, 11) is 4.44. The molecule has 3 aromatic rings. The lowest BCUT2D eigenvalue weighted by atomic mass is 10.1. The van der Waals surface area contributed by atoms with Gasteiger partial charge in [0.2, 0.25) is 0 Å². The summed E-state index contributed by atoms with van der Waals surface area (Å²) in [5.41, 5.74) is 1.31. The number of aromatic nitrogens is 1. The Bertz CT molecular complexity index is 938. The Morgan fingerprint density at radius 3 is 2.40 bits per heavy atom. The summed E-state index contributed by atoms with van der Waals surface area (Å²) in [6.45, 7) is 0. The van der Waals surface area contributed by atoms with Crippen LogP contribution in [0.3, 0.4) is 0 Å². The first kappa shape index (κ1) is 16.9. The average molecular weight is 363 g/mol. The first-order valence-corrected chi connectivity index (χ1v) is 7.61. The molecule has 3 rings (SSSR count). The fourth-order valence-electron chi connectivity index (χ4n) is 2.33. The third kappa shape index (κ3) is 3.32. The van der Waals surface area contributed by atoms with Gasteiger partial charge in [-0.25, -0.2) is 0 Å². The topological polar surface area (TPSA) is 82.8 Å². The molecule has 0 spiro atoms. The van der Waals surface area contributed by atoms with E-state index in [9.17, 15) is 4.79 Å². The molecule has 2 aromatic carbocycles. The van der Waals surface area contributed by atoms with Gasteiger partial charge in [0.25, 0.3) is 5.91 Å². The number of nitrogens with one attached hydrogen (secondary N) is 1. The van der Waals surface area contributed by atoms with Gasteiger partial charge in [0, 0.05) is 17.2 Å². The van der Waals surface area contributed by atoms with E-state index in [1.165, 1.54) is 27.4 Å². The molecule has 0 radical (unpaired) electrons. The number of benzene rings is 2. The minimum Gasteiger partial charge on any atom is -0.496 e. The highest BCUT2D eigenvalue weighted by Gasteiger charge is 2.19. The number of fused-ring (bicyclic) bond motifs is 1. The lowest BCUT2D eigenvalue weighted by Gasteiger charge is -2.13. The highest BCUT2D eigenvalue weighted by Crippen LogP contribution is 2.35. The van der Waals surface area contributed by atoms with Gasteiger partial charge >= 0.3 is 6.01 Å². The number of anilines is 1. The Labute approximate surface area is 148 Å². The van der Waals surface area contributed by atoms with Gasteiger partial charge in [-0.05, 0) is 18.2 Å². The molecule has 1 amide bonds. The van der Waals surface area contributed by atoms with Gasteiger partial charge in [0.15, 0.2) is 17.1 Å². The van der Waals surface area contributed by atoms with Crippen molar-refractivity contribution in [3.8, 4) is 17.2 Å². The van der Waals surface area contributed by atoms with Crippen molar-refractivity contribution in [1.82, 2.24) is 4.98 Å². The first-order chi connectivity index (χ1) is 12.0. The molecule has 0 unspecified atom stereocenters. The van der Waals surface area contributed by atoms with Crippen LogP contribution < -0.4 is 19.5 Å². The van der Waals surface area contributed by atoms with Crippen molar-refractivity contribution >= 4 is 34.6 Å². The normalized spacial score (nSPS) is 10.6. The number of hydrogen-bond donors (Lipinski definition) is 1. The van der Waals surface area contributed by atoms with Crippen LogP contribution in [0.15, 0.2) is 34.7 Å². The molecule has 1 heterocycles. The Balaban J connectivity index is 1.93. The molecule has 0 atom stereocenters. The molecule has 0 saturated carbocycles. The number of nitrogens with zero attached hydrogens (tertiary/aromatic N) is 1. The second kappa shape index (κ2) is 6.90. The molecule has 0 saturated heterocycles. The molecule has 0 aliphatic rings. The summed E-state index contributed by atoms with van der Waals surface area (Å²) in [4.78, 5) is 16.8. The predicted molar refractivity (Wildman–Crippen MR) is 93.1 cm³/mol. The summed E-state index contributed by atoms with van der Waals surface area (Å²) >= 11 is 5.92. The standard InChI is InChI=1S/C17H15ClN2O5/c1-22-13-8-15(24-3)14(23-2)7-10(13)16(21)20-17-19-11-6-9(18)4-5-12(11)25-17/h4-8H,1-3H3,(H,19,20,21). The molecule has 0 bridgehead atoms. The van der Waals surface area contributed by atoms with Gasteiger partial charge in [-0.1, -0.05) is 11.6 Å². The van der Waals surface area contributed by atoms with Crippen LogP contribution in [0, 0.1) is 0 Å². The molecule has 130 valence electrons. The van der Waals surface area contributed by atoms with Crippen LogP contribution >= 0.6 is 11.6 Å². The monoisotopic (exact) mass is 362 g/mol. The van der Waals surface area contributed by atoms with Crippen molar-refractivity contribution in [2.24, 2.45) is 0 Å².